The molecule has 0 heterocycles. The van der Waals surface area contributed by atoms with Gasteiger partial charge < -0.3 is 33.8 Å². The molecule has 0 spiro atoms. The number of rotatable bonds is 82. The molecule has 102 heavy (non-hydrogen) atoms. The molecule has 0 aromatic rings. The van der Waals surface area contributed by atoms with E-state index < -0.39 is 97.5 Å². The van der Waals surface area contributed by atoms with Gasteiger partial charge in [0.15, 0.2) is 12.2 Å². The van der Waals surface area contributed by atoms with E-state index in [4.69, 9.17) is 37.0 Å². The number of carbonyl (C=O) groups is 4. The molecule has 0 fully saturated rings. The maximum atomic E-state index is 13.1. The summed E-state index contributed by atoms with van der Waals surface area (Å²) in [6.07, 6.45) is 65.3. The summed E-state index contributed by atoms with van der Waals surface area (Å²) in [7, 11) is -9.92. The minimum Gasteiger partial charge on any atom is -0.462 e. The van der Waals surface area contributed by atoms with Crippen molar-refractivity contribution in [1.29, 1.82) is 0 Å². The molecule has 0 rings (SSSR count). The molecule has 3 unspecified atom stereocenters. The van der Waals surface area contributed by atoms with E-state index in [9.17, 15) is 43.2 Å². The Kier molecular flexibility index (Phi) is 73.1. The summed E-state index contributed by atoms with van der Waals surface area (Å²) < 4.78 is 68.8. The van der Waals surface area contributed by atoms with E-state index in [2.05, 4.69) is 41.5 Å². The predicted octanol–water partition coefficient (Wildman–Crippen LogP) is 25.1. The van der Waals surface area contributed by atoms with Crippen LogP contribution in [0.4, 0.5) is 0 Å². The molecule has 19 heteroatoms. The highest BCUT2D eigenvalue weighted by Crippen LogP contribution is 2.45. The SMILES string of the molecule is CCCCCCCCCCCCCCCCCCCCCCCC(=O)O[C@H](COC(=O)CCCCCCCCCCCCCCCCCC)COP(=O)(O)OC[C@@H](O)COP(=O)(O)OC[C@@H](COC(=O)CCCCCCCCC(C)CC)OC(=O)CCCCCCCCCCCCCCC(C)C. The van der Waals surface area contributed by atoms with Crippen LogP contribution in [-0.4, -0.2) is 96.7 Å². The number of phosphoric acid groups is 2. The van der Waals surface area contributed by atoms with Gasteiger partial charge in [0.05, 0.1) is 26.4 Å². The van der Waals surface area contributed by atoms with Gasteiger partial charge in [-0.2, -0.15) is 0 Å². The molecule has 0 aromatic carbocycles. The third-order valence-corrected chi connectivity index (χ3v) is 21.7. The van der Waals surface area contributed by atoms with Gasteiger partial charge in [0.2, 0.25) is 0 Å². The lowest BCUT2D eigenvalue weighted by molar-refractivity contribution is -0.161. The van der Waals surface area contributed by atoms with Crippen LogP contribution >= 0.6 is 15.6 Å². The van der Waals surface area contributed by atoms with Crippen LogP contribution < -0.4 is 0 Å². The maximum Gasteiger partial charge on any atom is 0.472 e. The lowest BCUT2D eigenvalue weighted by atomic mass is 10.00. The molecule has 0 aromatic heterocycles. The normalized spacial score (nSPS) is 14.1. The molecular formula is C83H162O17P2. The molecule has 3 N–H and O–H groups in total. The topological polar surface area (TPSA) is 237 Å². The Morgan fingerprint density at radius 2 is 0.500 bits per heavy atom. The fraction of sp³-hybridized carbons (Fsp3) is 0.952. The first-order chi connectivity index (χ1) is 49.4. The number of carbonyl (C=O) groups excluding carboxylic acids is 4. The van der Waals surface area contributed by atoms with Crippen molar-refractivity contribution in [1.82, 2.24) is 0 Å². The molecule has 0 saturated carbocycles. The lowest BCUT2D eigenvalue weighted by Crippen LogP contribution is -2.30. The molecule has 0 aliphatic rings. The van der Waals surface area contributed by atoms with Gasteiger partial charge in [0.1, 0.15) is 19.3 Å². The number of esters is 4. The lowest BCUT2D eigenvalue weighted by Gasteiger charge is -2.21. The average molecular weight is 1490 g/mol. The second-order valence-corrected chi connectivity index (χ2v) is 33.5. The first-order valence-corrected chi connectivity index (χ1v) is 46.0. The highest BCUT2D eigenvalue weighted by atomic mass is 31.2. The van der Waals surface area contributed by atoms with Crippen molar-refractivity contribution >= 4 is 39.5 Å². The van der Waals surface area contributed by atoms with Crippen molar-refractivity contribution < 1.29 is 80.2 Å². The zero-order chi connectivity index (χ0) is 74.9. The zero-order valence-corrected chi connectivity index (χ0v) is 68.7. The van der Waals surface area contributed by atoms with E-state index in [0.717, 1.165) is 108 Å². The Balaban J connectivity index is 5.23. The standard InChI is InChI=1S/C83H162O17P2/c1-7-10-12-14-16-18-20-22-24-26-27-28-29-30-32-34-39-43-47-55-61-67-82(87)99-78(71-93-80(85)65-59-53-46-42-38-33-31-25-23-21-19-17-15-13-11-8-2)73-97-101(89,90)95-69-77(84)70-96-102(91,92)98-74-79(72-94-81(86)66-60-54-50-49-52-58-64-76(6)9-3)100-83(88)68-62-56-48-44-40-36-35-37-41-45-51-57-63-75(4)5/h75-79,84H,7-74H2,1-6H3,(H,89,90)(H,91,92)/t76?,77-,78-,79-/m1/s1. The second-order valence-electron chi connectivity index (χ2n) is 30.6. The quantitative estimate of drug-likeness (QED) is 0.0222. The Labute approximate surface area is 626 Å². The van der Waals surface area contributed by atoms with Gasteiger partial charge in [-0.25, -0.2) is 9.13 Å². The van der Waals surface area contributed by atoms with Gasteiger partial charge in [-0.1, -0.05) is 388 Å². The maximum absolute atomic E-state index is 13.1. The molecule has 606 valence electrons. The molecule has 0 radical (unpaired) electrons. The Morgan fingerprint density at radius 1 is 0.284 bits per heavy atom. The number of ether oxygens (including phenoxy) is 4. The second kappa shape index (κ2) is 74.5. The molecule has 0 amide bonds. The molecule has 0 saturated heterocycles. The minimum atomic E-state index is -4.96. The van der Waals surface area contributed by atoms with Crippen LogP contribution in [0.3, 0.4) is 0 Å². The molecule has 17 nitrogen and oxygen atoms in total. The summed E-state index contributed by atoms with van der Waals surface area (Å²) in [4.78, 5) is 73.1. The van der Waals surface area contributed by atoms with Crippen molar-refractivity contribution in [3.05, 3.63) is 0 Å². The van der Waals surface area contributed by atoms with Crippen molar-refractivity contribution in [2.24, 2.45) is 11.8 Å². The van der Waals surface area contributed by atoms with Crippen molar-refractivity contribution in [3.8, 4) is 0 Å². The van der Waals surface area contributed by atoms with Crippen molar-refractivity contribution in [3.63, 3.8) is 0 Å². The van der Waals surface area contributed by atoms with Crippen molar-refractivity contribution in [2.45, 2.75) is 458 Å². The third-order valence-electron chi connectivity index (χ3n) is 19.8. The van der Waals surface area contributed by atoms with E-state index in [1.165, 1.54) is 250 Å². The number of unbranched alkanes of at least 4 members (excludes halogenated alkanes) is 51. The number of phosphoric ester groups is 2. The molecule has 0 bridgehead atoms. The first kappa shape index (κ1) is 100. The van der Waals surface area contributed by atoms with E-state index >= 15 is 0 Å². The number of aliphatic hydroxyl groups excluding tert-OH is 1. The highest BCUT2D eigenvalue weighted by molar-refractivity contribution is 7.47. The van der Waals surface area contributed by atoms with Gasteiger partial charge in [-0.3, -0.25) is 37.3 Å². The van der Waals surface area contributed by atoms with Crippen LogP contribution in [0.25, 0.3) is 0 Å². The van der Waals surface area contributed by atoms with Crippen LogP contribution in [0.2, 0.25) is 0 Å². The average Bonchev–Trinajstić information content (AvgIpc) is 0.949. The van der Waals surface area contributed by atoms with Gasteiger partial charge in [0, 0.05) is 25.7 Å². The zero-order valence-electron chi connectivity index (χ0n) is 66.9. The summed E-state index contributed by atoms with van der Waals surface area (Å²) in [6.45, 7) is 9.62. The van der Waals surface area contributed by atoms with Crippen LogP contribution in [0.5, 0.6) is 0 Å². The van der Waals surface area contributed by atoms with E-state index in [1.54, 1.807) is 0 Å². The third kappa shape index (κ3) is 74.9. The number of aliphatic hydroxyl groups is 1. The molecular weight excluding hydrogens is 1330 g/mol. The van der Waals surface area contributed by atoms with Gasteiger partial charge >= 0.3 is 39.5 Å². The first-order valence-electron chi connectivity index (χ1n) is 43.0. The molecule has 0 aliphatic heterocycles. The summed E-state index contributed by atoms with van der Waals surface area (Å²) in [5, 5.41) is 10.7. The van der Waals surface area contributed by atoms with Crippen LogP contribution in [0.1, 0.15) is 440 Å². The summed E-state index contributed by atoms with van der Waals surface area (Å²) in [6, 6.07) is 0. The Hall–Kier alpha value is -1.94. The monoisotopic (exact) mass is 1490 g/mol. The van der Waals surface area contributed by atoms with E-state index in [1.807, 2.05) is 0 Å². The van der Waals surface area contributed by atoms with Gasteiger partial charge in [0.25, 0.3) is 0 Å². The van der Waals surface area contributed by atoms with Crippen LogP contribution in [-0.2, 0) is 65.4 Å². The van der Waals surface area contributed by atoms with Gasteiger partial charge in [-0.15, -0.1) is 0 Å². The summed E-state index contributed by atoms with van der Waals surface area (Å²) in [5.74, 6) is -0.600. The minimum absolute atomic E-state index is 0.106. The van der Waals surface area contributed by atoms with Crippen molar-refractivity contribution in [2.75, 3.05) is 39.6 Å². The number of hydrogen-bond acceptors (Lipinski definition) is 15. The Bertz CT molecular complexity index is 1960. The van der Waals surface area contributed by atoms with Crippen LogP contribution in [0, 0.1) is 11.8 Å². The fourth-order valence-electron chi connectivity index (χ4n) is 12.9. The fourth-order valence-corrected chi connectivity index (χ4v) is 14.4. The van der Waals surface area contributed by atoms with Crippen LogP contribution in [0.15, 0.2) is 0 Å². The molecule has 0 aliphatic carbocycles. The largest absolute Gasteiger partial charge is 0.472 e. The summed E-state index contributed by atoms with van der Waals surface area (Å²) >= 11 is 0. The van der Waals surface area contributed by atoms with E-state index in [-0.39, 0.29) is 25.7 Å². The predicted molar refractivity (Wildman–Crippen MR) is 418 cm³/mol. The highest BCUT2D eigenvalue weighted by Gasteiger charge is 2.30. The Morgan fingerprint density at radius 3 is 0.745 bits per heavy atom. The number of hydrogen-bond donors (Lipinski definition) is 3. The van der Waals surface area contributed by atoms with E-state index in [0.29, 0.717) is 25.7 Å². The van der Waals surface area contributed by atoms with Gasteiger partial charge in [-0.05, 0) is 37.5 Å². The molecule has 6 atom stereocenters. The summed E-state index contributed by atoms with van der Waals surface area (Å²) in [5.41, 5.74) is 0. The smallest absolute Gasteiger partial charge is 0.462 e.